The van der Waals surface area contributed by atoms with E-state index in [9.17, 15) is 4.79 Å². The largest absolute Gasteiger partial charge is 0.276 e. The molecule has 5 nitrogen and oxygen atoms in total. The monoisotopic (exact) mass is 198 g/mol. The number of aromatic nitrogens is 4. The number of nitrogens with zero attached hydrogens (tertiary/aromatic N) is 3. The van der Waals surface area contributed by atoms with Crippen LogP contribution in [0.15, 0.2) is 35.1 Å². The number of hydrogen-bond acceptors (Lipinski definition) is 4. The van der Waals surface area contributed by atoms with E-state index in [1.54, 1.807) is 6.07 Å². The van der Waals surface area contributed by atoms with Gasteiger partial charge >= 0.3 is 0 Å². The molecule has 0 aliphatic carbocycles. The van der Waals surface area contributed by atoms with Crippen LogP contribution in [0, 0.1) is 0 Å². The van der Waals surface area contributed by atoms with Crippen LogP contribution in [0.3, 0.4) is 0 Å². The fourth-order valence-electron chi connectivity index (χ4n) is 1.53. The molecule has 72 valence electrons. The minimum atomic E-state index is -0.266. The topological polar surface area (TPSA) is 71.5 Å². The van der Waals surface area contributed by atoms with Gasteiger partial charge in [0.25, 0.3) is 5.56 Å². The summed E-state index contributed by atoms with van der Waals surface area (Å²) in [7, 11) is 0. The van der Waals surface area contributed by atoms with Gasteiger partial charge in [-0.15, -0.1) is 5.10 Å². The van der Waals surface area contributed by atoms with Crippen molar-refractivity contribution in [3.63, 3.8) is 0 Å². The van der Waals surface area contributed by atoms with Crippen molar-refractivity contribution in [3.05, 3.63) is 40.7 Å². The maximum absolute atomic E-state index is 11.4. The Labute approximate surface area is 83.8 Å². The summed E-state index contributed by atoms with van der Waals surface area (Å²) >= 11 is 0. The molecule has 2 aromatic heterocycles. The number of H-pyrrole nitrogens is 1. The predicted octanol–water partition coefficient (Wildman–Crippen LogP) is 0.866. The molecule has 0 atom stereocenters. The summed E-state index contributed by atoms with van der Waals surface area (Å²) in [5, 5.41) is 10.9. The van der Waals surface area contributed by atoms with Gasteiger partial charge in [-0.1, -0.05) is 23.4 Å². The van der Waals surface area contributed by atoms with Crippen LogP contribution in [-0.4, -0.2) is 20.4 Å². The van der Waals surface area contributed by atoms with E-state index < -0.39 is 0 Å². The highest BCUT2D eigenvalue weighted by Crippen LogP contribution is 2.14. The van der Waals surface area contributed by atoms with Crippen LogP contribution >= 0.6 is 0 Å². The first-order valence-corrected chi connectivity index (χ1v) is 4.45. The van der Waals surface area contributed by atoms with Crippen molar-refractivity contribution in [2.75, 3.05) is 0 Å². The van der Waals surface area contributed by atoms with Crippen molar-refractivity contribution in [1.82, 2.24) is 20.4 Å². The molecule has 2 heterocycles. The van der Waals surface area contributed by atoms with Gasteiger partial charge in [-0.05, 0) is 12.1 Å². The Morgan fingerprint density at radius 3 is 3.00 bits per heavy atom. The first-order valence-electron chi connectivity index (χ1n) is 4.45. The van der Waals surface area contributed by atoms with Crippen LogP contribution in [0.2, 0.25) is 0 Å². The molecule has 15 heavy (non-hydrogen) atoms. The normalized spacial score (nSPS) is 10.9. The molecular formula is C10H6N4O. The van der Waals surface area contributed by atoms with E-state index in [2.05, 4.69) is 20.4 Å². The maximum atomic E-state index is 11.4. The highest BCUT2D eigenvalue weighted by atomic mass is 16.1. The van der Waals surface area contributed by atoms with Crippen molar-refractivity contribution >= 4 is 21.9 Å². The Morgan fingerprint density at radius 1 is 1.20 bits per heavy atom. The van der Waals surface area contributed by atoms with Crippen LogP contribution in [0.25, 0.3) is 21.9 Å². The zero-order valence-electron chi connectivity index (χ0n) is 7.64. The standard InChI is InChI=1S/C10H6N4O/c15-10-7-5-6-3-1-2-4-8(6)11-9(7)12-14-13-10/h1-5H,(H,11,12,13,15). The molecule has 0 unspecified atom stereocenters. The quantitative estimate of drug-likeness (QED) is 0.544. The first-order chi connectivity index (χ1) is 7.34. The number of nitrogens with one attached hydrogen (secondary N) is 1. The summed E-state index contributed by atoms with van der Waals surface area (Å²) in [6, 6.07) is 9.34. The Bertz CT molecular complexity index is 704. The Morgan fingerprint density at radius 2 is 2.07 bits per heavy atom. The van der Waals surface area contributed by atoms with Gasteiger partial charge in [0.15, 0.2) is 5.65 Å². The van der Waals surface area contributed by atoms with Crippen LogP contribution in [0.4, 0.5) is 0 Å². The molecule has 0 aliphatic heterocycles. The van der Waals surface area contributed by atoms with Crippen LogP contribution in [0.1, 0.15) is 0 Å². The second kappa shape index (κ2) is 2.84. The summed E-state index contributed by atoms with van der Waals surface area (Å²) in [4.78, 5) is 15.7. The molecule has 0 spiro atoms. The molecule has 0 saturated carbocycles. The van der Waals surface area contributed by atoms with Crippen molar-refractivity contribution in [2.45, 2.75) is 0 Å². The van der Waals surface area contributed by atoms with Gasteiger partial charge in [0.1, 0.15) is 0 Å². The van der Waals surface area contributed by atoms with E-state index in [-0.39, 0.29) is 5.56 Å². The summed E-state index contributed by atoms with van der Waals surface area (Å²) in [5.41, 5.74) is 0.917. The minimum Gasteiger partial charge on any atom is -0.267 e. The van der Waals surface area contributed by atoms with Gasteiger partial charge in [0.2, 0.25) is 0 Å². The van der Waals surface area contributed by atoms with Gasteiger partial charge in [-0.25, -0.2) is 10.1 Å². The lowest BCUT2D eigenvalue weighted by molar-refractivity contribution is 0.865. The lowest BCUT2D eigenvalue weighted by atomic mass is 10.2. The highest BCUT2D eigenvalue weighted by molar-refractivity contribution is 5.90. The predicted molar refractivity (Wildman–Crippen MR) is 55.5 cm³/mol. The number of hydrogen-bond donors (Lipinski definition) is 1. The zero-order valence-corrected chi connectivity index (χ0v) is 7.64. The van der Waals surface area contributed by atoms with E-state index in [0.717, 1.165) is 10.9 Å². The summed E-state index contributed by atoms with van der Waals surface area (Å²) < 4.78 is 0. The molecule has 1 aromatic carbocycles. The Kier molecular flexibility index (Phi) is 1.53. The molecule has 0 fully saturated rings. The zero-order chi connectivity index (χ0) is 10.3. The second-order valence-electron chi connectivity index (χ2n) is 3.19. The van der Waals surface area contributed by atoms with E-state index in [0.29, 0.717) is 11.0 Å². The van der Waals surface area contributed by atoms with E-state index in [1.807, 2.05) is 24.3 Å². The van der Waals surface area contributed by atoms with Gasteiger partial charge < -0.3 is 0 Å². The van der Waals surface area contributed by atoms with E-state index in [1.165, 1.54) is 0 Å². The minimum absolute atomic E-state index is 0.266. The maximum Gasteiger partial charge on any atom is 0.276 e. The third-order valence-electron chi connectivity index (χ3n) is 2.24. The molecule has 0 saturated heterocycles. The molecule has 5 heteroatoms. The SMILES string of the molecule is O=c1[nH]nnc2nc3ccccc3cc12. The molecule has 0 bridgehead atoms. The van der Waals surface area contributed by atoms with Crippen LogP contribution < -0.4 is 5.56 Å². The fourth-order valence-corrected chi connectivity index (χ4v) is 1.53. The van der Waals surface area contributed by atoms with Crippen molar-refractivity contribution in [3.8, 4) is 0 Å². The average Bonchev–Trinajstić information content (AvgIpc) is 2.27. The molecule has 0 amide bonds. The third-order valence-corrected chi connectivity index (χ3v) is 2.24. The molecule has 1 N–H and O–H groups in total. The number of fused-ring (bicyclic) bond motifs is 2. The summed E-state index contributed by atoms with van der Waals surface area (Å²) in [6.45, 7) is 0. The van der Waals surface area contributed by atoms with Crippen molar-refractivity contribution in [1.29, 1.82) is 0 Å². The van der Waals surface area contributed by atoms with Crippen molar-refractivity contribution in [2.24, 2.45) is 0 Å². The van der Waals surface area contributed by atoms with Crippen molar-refractivity contribution < 1.29 is 0 Å². The molecular weight excluding hydrogens is 192 g/mol. The van der Waals surface area contributed by atoms with Gasteiger partial charge in [-0.2, -0.15) is 0 Å². The fraction of sp³-hybridized carbons (Fsp3) is 0. The van der Waals surface area contributed by atoms with Gasteiger partial charge in [0.05, 0.1) is 10.9 Å². The lowest BCUT2D eigenvalue weighted by Crippen LogP contribution is -2.10. The highest BCUT2D eigenvalue weighted by Gasteiger charge is 2.03. The molecule has 0 aliphatic rings. The first kappa shape index (κ1) is 8.05. The smallest absolute Gasteiger partial charge is 0.267 e. The lowest BCUT2D eigenvalue weighted by Gasteiger charge is -1.97. The van der Waals surface area contributed by atoms with Crippen LogP contribution in [0.5, 0.6) is 0 Å². The summed E-state index contributed by atoms with van der Waals surface area (Å²) in [6.07, 6.45) is 0. The number of benzene rings is 1. The molecule has 3 rings (SSSR count). The average molecular weight is 198 g/mol. The Balaban J connectivity index is 2.59. The Hall–Kier alpha value is -2.30. The van der Waals surface area contributed by atoms with Gasteiger partial charge in [-0.3, -0.25) is 4.79 Å². The number of pyridine rings is 1. The number of rotatable bonds is 0. The summed E-state index contributed by atoms with van der Waals surface area (Å²) in [5.74, 6) is 0. The van der Waals surface area contributed by atoms with E-state index in [4.69, 9.17) is 0 Å². The molecule has 0 radical (unpaired) electrons. The second-order valence-corrected chi connectivity index (χ2v) is 3.19. The van der Waals surface area contributed by atoms with Gasteiger partial charge in [0, 0.05) is 5.39 Å². The number of aromatic amines is 1. The molecule has 3 aromatic rings. The van der Waals surface area contributed by atoms with Crippen LogP contribution in [-0.2, 0) is 0 Å². The van der Waals surface area contributed by atoms with E-state index >= 15 is 0 Å². The number of para-hydroxylation sites is 1. The third kappa shape index (κ3) is 1.17.